The molecule has 2 N–H and O–H groups in total. The number of hydrogen-bond acceptors (Lipinski definition) is 3. The Bertz CT molecular complexity index is 500. The Kier molecular flexibility index (Phi) is 4.33. The van der Waals surface area contributed by atoms with Gasteiger partial charge in [-0.3, -0.25) is 0 Å². The van der Waals surface area contributed by atoms with Gasteiger partial charge in [0.2, 0.25) is 0 Å². The van der Waals surface area contributed by atoms with Gasteiger partial charge in [-0.1, -0.05) is 11.6 Å². The number of ether oxygens (including phenoxy) is 2. The Hall–Kier alpha value is -1.30. The van der Waals surface area contributed by atoms with Crippen LogP contribution in [0.4, 0.5) is 10.5 Å². The van der Waals surface area contributed by atoms with Crippen molar-refractivity contribution in [2.45, 2.75) is 37.6 Å². The number of benzene rings is 1. The zero-order valence-corrected chi connectivity index (χ0v) is 12.5. The van der Waals surface area contributed by atoms with Crippen LogP contribution in [0, 0.1) is 0 Å². The van der Waals surface area contributed by atoms with Gasteiger partial charge in [0.05, 0.1) is 6.61 Å². The molecule has 5 nitrogen and oxygen atoms in total. The van der Waals surface area contributed by atoms with E-state index in [1.807, 2.05) is 0 Å². The summed E-state index contributed by atoms with van der Waals surface area (Å²) in [4.78, 5) is 11.8. The molecule has 1 unspecified atom stereocenters. The molecule has 6 heteroatoms. The van der Waals surface area contributed by atoms with E-state index in [1.54, 1.807) is 24.3 Å². The summed E-state index contributed by atoms with van der Waals surface area (Å²) in [7, 11) is 0. The lowest BCUT2D eigenvalue weighted by molar-refractivity contribution is -0.160. The van der Waals surface area contributed by atoms with Gasteiger partial charge < -0.3 is 20.1 Å². The van der Waals surface area contributed by atoms with E-state index in [1.165, 1.54) is 0 Å². The maximum absolute atomic E-state index is 11.8. The molecule has 114 valence electrons. The minimum absolute atomic E-state index is 0.0703. The Morgan fingerprint density at radius 3 is 2.71 bits per heavy atom. The quantitative estimate of drug-likeness (QED) is 0.901. The minimum atomic E-state index is -0.376. The van der Waals surface area contributed by atoms with E-state index in [0.29, 0.717) is 23.9 Å². The molecule has 1 aliphatic carbocycles. The zero-order valence-electron chi connectivity index (χ0n) is 11.7. The molecule has 1 aromatic carbocycles. The first-order valence-electron chi connectivity index (χ1n) is 7.27. The number of carbonyl (C=O) groups excluding carboxylic acids is 1. The maximum Gasteiger partial charge on any atom is 0.319 e. The van der Waals surface area contributed by atoms with Gasteiger partial charge in [-0.2, -0.15) is 0 Å². The number of carbonyl (C=O) groups is 1. The molecule has 1 spiro atoms. The number of anilines is 1. The zero-order chi connectivity index (χ0) is 14.7. The van der Waals surface area contributed by atoms with Gasteiger partial charge >= 0.3 is 6.03 Å². The Morgan fingerprint density at radius 2 is 2.00 bits per heavy atom. The smallest absolute Gasteiger partial charge is 0.319 e. The summed E-state index contributed by atoms with van der Waals surface area (Å²) >= 11 is 5.80. The Labute approximate surface area is 128 Å². The van der Waals surface area contributed by atoms with Crippen molar-refractivity contribution in [3.05, 3.63) is 29.3 Å². The molecule has 2 aliphatic rings. The fourth-order valence-electron chi connectivity index (χ4n) is 2.81. The van der Waals surface area contributed by atoms with E-state index < -0.39 is 0 Å². The van der Waals surface area contributed by atoms with Gasteiger partial charge in [0.25, 0.3) is 0 Å². The summed E-state index contributed by atoms with van der Waals surface area (Å²) in [5, 5.41) is 6.19. The van der Waals surface area contributed by atoms with E-state index in [-0.39, 0.29) is 17.9 Å². The number of rotatable bonds is 3. The predicted molar refractivity (Wildman–Crippen MR) is 80.5 cm³/mol. The van der Waals surface area contributed by atoms with Gasteiger partial charge in [-0.25, -0.2) is 4.79 Å². The lowest BCUT2D eigenvalue weighted by Gasteiger charge is -2.21. The maximum atomic E-state index is 11.8. The average Bonchev–Trinajstić information content (AvgIpc) is 3.10. The number of urea groups is 1. The van der Waals surface area contributed by atoms with Crippen LogP contribution in [0.5, 0.6) is 0 Å². The van der Waals surface area contributed by atoms with E-state index >= 15 is 0 Å². The SMILES string of the molecule is O=C(NCC1COC2(CCCC2)O1)Nc1ccc(Cl)cc1. The molecule has 21 heavy (non-hydrogen) atoms. The van der Waals surface area contributed by atoms with E-state index in [9.17, 15) is 4.79 Å². The molecule has 0 radical (unpaired) electrons. The summed E-state index contributed by atoms with van der Waals surface area (Å²) in [5.74, 6) is -0.376. The number of amides is 2. The van der Waals surface area contributed by atoms with Crippen LogP contribution in [0.2, 0.25) is 5.02 Å². The summed E-state index contributed by atoms with van der Waals surface area (Å²) in [5.41, 5.74) is 0.702. The van der Waals surface area contributed by atoms with E-state index in [4.69, 9.17) is 21.1 Å². The highest BCUT2D eigenvalue weighted by molar-refractivity contribution is 6.30. The van der Waals surface area contributed by atoms with Crippen LogP contribution in [0.25, 0.3) is 0 Å². The molecule has 3 rings (SSSR count). The molecule has 1 saturated heterocycles. The Morgan fingerprint density at radius 1 is 1.29 bits per heavy atom. The first-order valence-corrected chi connectivity index (χ1v) is 7.65. The fourth-order valence-corrected chi connectivity index (χ4v) is 2.93. The predicted octanol–water partition coefficient (Wildman–Crippen LogP) is 3.15. The summed E-state index contributed by atoms with van der Waals surface area (Å²) in [6, 6.07) is 6.72. The molecule has 2 fully saturated rings. The van der Waals surface area contributed by atoms with Crippen molar-refractivity contribution in [1.82, 2.24) is 5.32 Å². The highest BCUT2D eigenvalue weighted by Gasteiger charge is 2.43. The minimum Gasteiger partial charge on any atom is -0.347 e. The first-order chi connectivity index (χ1) is 10.2. The standard InChI is InChI=1S/C15H19ClN2O3/c16-11-3-5-12(6-4-11)18-14(19)17-9-13-10-20-15(21-13)7-1-2-8-15/h3-6,13H,1-2,7-10H2,(H2,17,18,19). The normalized spacial score (nSPS) is 23.4. The first kappa shape index (κ1) is 14.6. The van der Waals surface area contributed by atoms with Crippen LogP contribution in [0.1, 0.15) is 25.7 Å². The van der Waals surface area contributed by atoms with Gasteiger partial charge in [0.15, 0.2) is 5.79 Å². The summed E-state index contributed by atoms with van der Waals surface area (Å²) < 4.78 is 11.7. The third-order valence-corrected chi connectivity index (χ3v) is 4.12. The van der Waals surface area contributed by atoms with Gasteiger partial charge in [0, 0.05) is 30.1 Å². The molecular formula is C15H19ClN2O3. The van der Waals surface area contributed by atoms with Gasteiger partial charge in [0.1, 0.15) is 6.10 Å². The molecule has 1 atom stereocenters. The topological polar surface area (TPSA) is 59.6 Å². The van der Waals surface area contributed by atoms with Crippen molar-refractivity contribution < 1.29 is 14.3 Å². The van der Waals surface area contributed by atoms with Crippen molar-refractivity contribution in [2.75, 3.05) is 18.5 Å². The second kappa shape index (κ2) is 6.22. The largest absolute Gasteiger partial charge is 0.347 e. The molecule has 1 heterocycles. The van der Waals surface area contributed by atoms with Crippen LogP contribution in [0.3, 0.4) is 0 Å². The van der Waals surface area contributed by atoms with Crippen molar-refractivity contribution >= 4 is 23.3 Å². The highest BCUT2D eigenvalue weighted by Crippen LogP contribution is 2.38. The molecule has 2 amide bonds. The van der Waals surface area contributed by atoms with Crippen molar-refractivity contribution in [3.63, 3.8) is 0 Å². The van der Waals surface area contributed by atoms with Gasteiger partial charge in [-0.15, -0.1) is 0 Å². The lowest BCUT2D eigenvalue weighted by atomic mass is 10.2. The lowest BCUT2D eigenvalue weighted by Crippen LogP contribution is -2.37. The monoisotopic (exact) mass is 310 g/mol. The molecule has 0 bridgehead atoms. The molecular weight excluding hydrogens is 292 g/mol. The Balaban J connectivity index is 1.43. The van der Waals surface area contributed by atoms with Crippen molar-refractivity contribution in [1.29, 1.82) is 0 Å². The number of nitrogens with one attached hydrogen (secondary N) is 2. The molecule has 1 aliphatic heterocycles. The summed E-state index contributed by atoms with van der Waals surface area (Å²) in [6.07, 6.45) is 4.15. The summed E-state index contributed by atoms with van der Waals surface area (Å²) in [6.45, 7) is 0.988. The van der Waals surface area contributed by atoms with Crippen molar-refractivity contribution in [2.24, 2.45) is 0 Å². The van der Waals surface area contributed by atoms with Gasteiger partial charge in [-0.05, 0) is 37.1 Å². The van der Waals surface area contributed by atoms with Crippen LogP contribution >= 0.6 is 11.6 Å². The second-order valence-corrected chi connectivity index (χ2v) is 5.95. The van der Waals surface area contributed by atoms with E-state index in [0.717, 1.165) is 25.7 Å². The second-order valence-electron chi connectivity index (χ2n) is 5.51. The van der Waals surface area contributed by atoms with Crippen LogP contribution < -0.4 is 10.6 Å². The van der Waals surface area contributed by atoms with Crippen LogP contribution in [0.15, 0.2) is 24.3 Å². The molecule has 1 aromatic rings. The third kappa shape index (κ3) is 3.67. The third-order valence-electron chi connectivity index (χ3n) is 3.87. The molecule has 0 aromatic heterocycles. The highest BCUT2D eigenvalue weighted by atomic mass is 35.5. The fraction of sp³-hybridized carbons (Fsp3) is 0.533. The van der Waals surface area contributed by atoms with Crippen LogP contribution in [-0.4, -0.2) is 31.1 Å². The number of hydrogen-bond donors (Lipinski definition) is 2. The van der Waals surface area contributed by atoms with Crippen LogP contribution in [-0.2, 0) is 9.47 Å². The number of halogens is 1. The molecule has 1 saturated carbocycles. The van der Waals surface area contributed by atoms with E-state index in [2.05, 4.69) is 10.6 Å². The average molecular weight is 311 g/mol. The van der Waals surface area contributed by atoms with Crippen molar-refractivity contribution in [3.8, 4) is 0 Å².